The average Bonchev–Trinajstić information content (AvgIpc) is 3.12. The zero-order valence-electron chi connectivity index (χ0n) is 12.2. The van der Waals surface area contributed by atoms with Crippen molar-refractivity contribution in [1.29, 1.82) is 0 Å². The average molecular weight is 316 g/mol. The molecule has 0 spiro atoms. The van der Waals surface area contributed by atoms with Crippen molar-refractivity contribution in [3.63, 3.8) is 0 Å². The van der Waals surface area contributed by atoms with Crippen LogP contribution in [0.15, 0.2) is 29.8 Å². The molecule has 1 N–H and O–H groups in total. The zero-order valence-corrected chi connectivity index (χ0v) is 13.0. The number of anilines is 1. The van der Waals surface area contributed by atoms with E-state index in [4.69, 9.17) is 0 Å². The van der Waals surface area contributed by atoms with Gasteiger partial charge in [0.1, 0.15) is 5.51 Å². The van der Waals surface area contributed by atoms with Gasteiger partial charge in [0, 0.05) is 19.5 Å². The van der Waals surface area contributed by atoms with E-state index in [0.717, 1.165) is 5.56 Å². The SMILES string of the molecule is Cc1ccc(CN2C[C@H](C(=O)Nc3nncs3)CC2=O)cc1. The molecule has 0 radical (unpaired) electrons. The molecular weight excluding hydrogens is 300 g/mol. The standard InChI is InChI=1S/C15H16N4O2S/c1-10-2-4-11(5-3-10)7-19-8-12(6-13(19)20)14(21)17-15-18-16-9-22-15/h2-5,9,12H,6-8H2,1H3,(H,17,18,21)/t12-/m1/s1. The van der Waals surface area contributed by atoms with E-state index >= 15 is 0 Å². The van der Waals surface area contributed by atoms with Gasteiger partial charge in [0.05, 0.1) is 5.92 Å². The van der Waals surface area contributed by atoms with E-state index in [-0.39, 0.29) is 24.2 Å². The molecule has 0 unspecified atom stereocenters. The first-order valence-electron chi connectivity index (χ1n) is 7.02. The van der Waals surface area contributed by atoms with Crippen molar-refractivity contribution in [3.05, 3.63) is 40.9 Å². The van der Waals surface area contributed by atoms with Gasteiger partial charge in [-0.15, -0.1) is 10.2 Å². The van der Waals surface area contributed by atoms with E-state index in [1.807, 2.05) is 31.2 Å². The van der Waals surface area contributed by atoms with Gasteiger partial charge in [-0.3, -0.25) is 9.59 Å². The Morgan fingerprint density at radius 1 is 1.41 bits per heavy atom. The molecule has 2 heterocycles. The topological polar surface area (TPSA) is 75.2 Å². The Hall–Kier alpha value is -2.28. The maximum Gasteiger partial charge on any atom is 0.231 e. The Kier molecular flexibility index (Phi) is 4.15. The second-order valence-electron chi connectivity index (χ2n) is 5.39. The van der Waals surface area contributed by atoms with Crippen LogP contribution in [0, 0.1) is 12.8 Å². The van der Waals surface area contributed by atoms with Crippen LogP contribution in [0.25, 0.3) is 0 Å². The fourth-order valence-electron chi connectivity index (χ4n) is 2.45. The molecule has 0 saturated carbocycles. The number of aromatic nitrogens is 2. The number of likely N-dealkylation sites (tertiary alicyclic amines) is 1. The third-order valence-corrected chi connectivity index (χ3v) is 4.28. The fourth-order valence-corrected chi connectivity index (χ4v) is 2.90. The second-order valence-corrected chi connectivity index (χ2v) is 6.23. The second kappa shape index (κ2) is 6.23. The molecule has 1 fully saturated rings. The highest BCUT2D eigenvalue weighted by molar-refractivity contribution is 7.13. The molecule has 6 nitrogen and oxygen atoms in total. The van der Waals surface area contributed by atoms with Gasteiger partial charge in [-0.2, -0.15) is 0 Å². The number of carbonyl (C=O) groups excluding carboxylic acids is 2. The summed E-state index contributed by atoms with van der Waals surface area (Å²) in [7, 11) is 0. The highest BCUT2D eigenvalue weighted by Crippen LogP contribution is 2.22. The third-order valence-electron chi connectivity index (χ3n) is 3.67. The Balaban J connectivity index is 1.60. The summed E-state index contributed by atoms with van der Waals surface area (Å²) in [6.07, 6.45) is 0.247. The van der Waals surface area contributed by atoms with Crippen molar-refractivity contribution >= 4 is 28.3 Å². The van der Waals surface area contributed by atoms with E-state index in [0.29, 0.717) is 18.2 Å². The molecule has 1 aliphatic rings. The summed E-state index contributed by atoms with van der Waals surface area (Å²) >= 11 is 1.26. The molecule has 1 aliphatic heterocycles. The molecular formula is C15H16N4O2S. The number of hydrogen-bond donors (Lipinski definition) is 1. The van der Waals surface area contributed by atoms with E-state index in [2.05, 4.69) is 15.5 Å². The zero-order chi connectivity index (χ0) is 15.5. The van der Waals surface area contributed by atoms with Crippen molar-refractivity contribution in [2.24, 2.45) is 5.92 Å². The lowest BCUT2D eigenvalue weighted by molar-refractivity contribution is -0.128. The van der Waals surface area contributed by atoms with Gasteiger partial charge in [0.15, 0.2) is 0 Å². The molecule has 1 aromatic carbocycles. The highest BCUT2D eigenvalue weighted by atomic mass is 32.1. The lowest BCUT2D eigenvalue weighted by Gasteiger charge is -2.16. The van der Waals surface area contributed by atoms with Crippen LogP contribution in [0.2, 0.25) is 0 Å². The molecule has 114 valence electrons. The van der Waals surface area contributed by atoms with Crippen LogP contribution in [0.3, 0.4) is 0 Å². The number of carbonyl (C=O) groups is 2. The maximum atomic E-state index is 12.1. The van der Waals surface area contributed by atoms with E-state index in [1.165, 1.54) is 16.9 Å². The van der Waals surface area contributed by atoms with Gasteiger partial charge in [-0.1, -0.05) is 41.2 Å². The van der Waals surface area contributed by atoms with Gasteiger partial charge in [0.2, 0.25) is 16.9 Å². The van der Waals surface area contributed by atoms with Crippen LogP contribution in [0.5, 0.6) is 0 Å². The summed E-state index contributed by atoms with van der Waals surface area (Å²) in [5.41, 5.74) is 3.81. The number of amides is 2. The Morgan fingerprint density at radius 2 is 2.18 bits per heavy atom. The largest absolute Gasteiger partial charge is 0.338 e. The summed E-state index contributed by atoms with van der Waals surface area (Å²) in [4.78, 5) is 26.0. The summed E-state index contributed by atoms with van der Waals surface area (Å²) in [6.45, 7) is 3.01. The number of aryl methyl sites for hydroxylation is 1. The van der Waals surface area contributed by atoms with E-state index in [1.54, 1.807) is 10.4 Å². The quantitative estimate of drug-likeness (QED) is 0.934. The number of benzene rings is 1. The van der Waals surface area contributed by atoms with Gasteiger partial charge in [-0.25, -0.2) is 0 Å². The van der Waals surface area contributed by atoms with Gasteiger partial charge in [0.25, 0.3) is 0 Å². The van der Waals surface area contributed by atoms with Gasteiger partial charge < -0.3 is 10.2 Å². The Bertz CT molecular complexity index is 669. The molecule has 1 saturated heterocycles. The van der Waals surface area contributed by atoms with Crippen molar-refractivity contribution < 1.29 is 9.59 Å². The van der Waals surface area contributed by atoms with Gasteiger partial charge >= 0.3 is 0 Å². The molecule has 0 bridgehead atoms. The molecule has 3 rings (SSSR count). The minimum absolute atomic E-state index is 0.0120. The Labute approximate surface area is 132 Å². The summed E-state index contributed by atoms with van der Waals surface area (Å²) in [5.74, 6) is -0.489. The van der Waals surface area contributed by atoms with E-state index in [9.17, 15) is 9.59 Å². The first-order chi connectivity index (χ1) is 10.6. The lowest BCUT2D eigenvalue weighted by Crippen LogP contribution is -2.28. The van der Waals surface area contributed by atoms with Crippen LogP contribution >= 0.6 is 11.3 Å². The number of nitrogens with zero attached hydrogens (tertiary/aromatic N) is 3. The predicted molar refractivity (Wildman–Crippen MR) is 83.2 cm³/mol. The van der Waals surface area contributed by atoms with Crippen LogP contribution in [0.4, 0.5) is 5.13 Å². The minimum Gasteiger partial charge on any atom is -0.338 e. The first kappa shape index (κ1) is 14.6. The fraction of sp³-hybridized carbons (Fsp3) is 0.333. The summed E-state index contributed by atoms with van der Waals surface area (Å²) in [5, 5.41) is 10.6. The van der Waals surface area contributed by atoms with E-state index < -0.39 is 0 Å². The third kappa shape index (κ3) is 3.30. The summed E-state index contributed by atoms with van der Waals surface area (Å²) < 4.78 is 0. The minimum atomic E-state index is -0.332. The smallest absolute Gasteiger partial charge is 0.231 e. The predicted octanol–water partition coefficient (Wildman–Crippen LogP) is 1.83. The number of hydrogen-bond acceptors (Lipinski definition) is 5. The van der Waals surface area contributed by atoms with Gasteiger partial charge in [-0.05, 0) is 12.5 Å². The molecule has 1 atom stereocenters. The van der Waals surface area contributed by atoms with Crippen molar-refractivity contribution in [3.8, 4) is 0 Å². The molecule has 0 aliphatic carbocycles. The lowest BCUT2D eigenvalue weighted by atomic mass is 10.1. The first-order valence-corrected chi connectivity index (χ1v) is 7.90. The van der Waals surface area contributed by atoms with Crippen LogP contribution < -0.4 is 5.32 Å². The number of rotatable bonds is 4. The van der Waals surface area contributed by atoms with Crippen molar-refractivity contribution in [2.75, 3.05) is 11.9 Å². The van der Waals surface area contributed by atoms with Crippen molar-refractivity contribution in [2.45, 2.75) is 19.9 Å². The van der Waals surface area contributed by atoms with Crippen LogP contribution in [-0.4, -0.2) is 33.5 Å². The molecule has 2 aromatic rings. The molecule has 22 heavy (non-hydrogen) atoms. The molecule has 7 heteroatoms. The Morgan fingerprint density at radius 3 is 2.86 bits per heavy atom. The molecule has 2 amide bonds. The monoisotopic (exact) mass is 316 g/mol. The van der Waals surface area contributed by atoms with Crippen molar-refractivity contribution in [1.82, 2.24) is 15.1 Å². The molecule has 1 aromatic heterocycles. The van der Waals surface area contributed by atoms with Crippen LogP contribution in [0.1, 0.15) is 17.5 Å². The number of nitrogens with one attached hydrogen (secondary N) is 1. The maximum absolute atomic E-state index is 12.1. The summed E-state index contributed by atoms with van der Waals surface area (Å²) in [6, 6.07) is 8.07. The normalized spacial score (nSPS) is 17.8. The van der Waals surface area contributed by atoms with Crippen LogP contribution in [-0.2, 0) is 16.1 Å². The highest BCUT2D eigenvalue weighted by Gasteiger charge is 2.34.